The lowest BCUT2D eigenvalue weighted by atomic mass is 9.94. The van der Waals surface area contributed by atoms with E-state index in [0.717, 1.165) is 18.1 Å². The summed E-state index contributed by atoms with van der Waals surface area (Å²) < 4.78 is 4.76. The highest BCUT2D eigenvalue weighted by Gasteiger charge is 2.44. The van der Waals surface area contributed by atoms with Gasteiger partial charge in [-0.25, -0.2) is 9.78 Å². The summed E-state index contributed by atoms with van der Waals surface area (Å²) in [5, 5.41) is 11.5. The fourth-order valence-corrected chi connectivity index (χ4v) is 4.91. The first-order valence-corrected chi connectivity index (χ1v) is 11.7. The number of hydrogen-bond acceptors (Lipinski definition) is 8. The number of esters is 1. The Hall–Kier alpha value is -3.04. The standard InChI is InChI=1S/C24H29N3O5S/c1-6-26(7-2)12-13-27-19(16-8-10-17(11-9-16)24(31)32-5)18(21(29)23(27)30)20(28)22-14(3)25-15(4)33-22/h8-11,19,29H,6-7,12-13H2,1-5H3/t19-/m0/s1. The van der Waals surface area contributed by atoms with E-state index in [2.05, 4.69) is 9.88 Å². The van der Waals surface area contributed by atoms with Crippen molar-refractivity contribution in [1.82, 2.24) is 14.8 Å². The molecular weight excluding hydrogens is 442 g/mol. The number of ketones is 1. The minimum absolute atomic E-state index is 0.0390. The number of carbonyl (C=O) groups excluding carboxylic acids is 3. The quantitative estimate of drug-likeness (QED) is 0.441. The summed E-state index contributed by atoms with van der Waals surface area (Å²) in [7, 11) is 1.30. The van der Waals surface area contributed by atoms with Gasteiger partial charge >= 0.3 is 5.97 Å². The van der Waals surface area contributed by atoms with E-state index >= 15 is 0 Å². The number of benzene rings is 1. The van der Waals surface area contributed by atoms with E-state index in [1.54, 1.807) is 31.2 Å². The number of hydrogen-bond donors (Lipinski definition) is 1. The van der Waals surface area contributed by atoms with Crippen LogP contribution in [-0.2, 0) is 9.53 Å². The number of nitrogens with zero attached hydrogens (tertiary/aromatic N) is 3. The van der Waals surface area contributed by atoms with Gasteiger partial charge in [-0.2, -0.15) is 0 Å². The van der Waals surface area contributed by atoms with Gasteiger partial charge in [-0.1, -0.05) is 26.0 Å². The van der Waals surface area contributed by atoms with Crippen LogP contribution in [-0.4, -0.2) is 70.8 Å². The minimum Gasteiger partial charge on any atom is -0.503 e. The lowest BCUT2D eigenvalue weighted by Gasteiger charge is -2.29. The molecular formula is C24H29N3O5S. The molecule has 0 fully saturated rings. The molecule has 1 aromatic carbocycles. The van der Waals surface area contributed by atoms with Crippen LogP contribution in [0.2, 0.25) is 0 Å². The molecule has 2 heterocycles. The van der Waals surface area contributed by atoms with Gasteiger partial charge < -0.3 is 19.6 Å². The van der Waals surface area contributed by atoms with Crippen LogP contribution >= 0.6 is 11.3 Å². The zero-order chi connectivity index (χ0) is 24.3. The molecule has 0 aliphatic carbocycles. The highest BCUT2D eigenvalue weighted by Crippen LogP contribution is 2.40. The summed E-state index contributed by atoms with van der Waals surface area (Å²) in [6.07, 6.45) is 0. The number of thiazole rings is 1. The highest BCUT2D eigenvalue weighted by molar-refractivity contribution is 7.14. The number of aryl methyl sites for hydroxylation is 2. The Balaban J connectivity index is 2.05. The van der Waals surface area contributed by atoms with Gasteiger partial charge in [-0.15, -0.1) is 11.3 Å². The topological polar surface area (TPSA) is 100 Å². The molecule has 9 heteroatoms. The van der Waals surface area contributed by atoms with Crippen LogP contribution in [0.4, 0.5) is 0 Å². The van der Waals surface area contributed by atoms with Crippen molar-refractivity contribution in [3.8, 4) is 0 Å². The zero-order valence-corrected chi connectivity index (χ0v) is 20.4. The summed E-state index contributed by atoms with van der Waals surface area (Å²) >= 11 is 1.24. The number of aliphatic hydroxyl groups excluding tert-OH is 1. The summed E-state index contributed by atoms with van der Waals surface area (Å²) in [5.74, 6) is -2.00. The van der Waals surface area contributed by atoms with E-state index in [0.29, 0.717) is 34.8 Å². The maximum atomic E-state index is 13.5. The third kappa shape index (κ3) is 4.84. The molecule has 1 aliphatic rings. The maximum absolute atomic E-state index is 13.5. The van der Waals surface area contributed by atoms with Gasteiger partial charge in [-0.3, -0.25) is 9.59 Å². The van der Waals surface area contributed by atoms with Gasteiger partial charge in [0.05, 0.1) is 39.9 Å². The van der Waals surface area contributed by atoms with Crippen molar-refractivity contribution in [3.63, 3.8) is 0 Å². The smallest absolute Gasteiger partial charge is 0.337 e. The third-order valence-corrected chi connectivity index (χ3v) is 6.93. The van der Waals surface area contributed by atoms with Crippen LogP contribution in [0.3, 0.4) is 0 Å². The van der Waals surface area contributed by atoms with Crippen molar-refractivity contribution in [2.45, 2.75) is 33.7 Å². The number of likely N-dealkylation sites (N-methyl/N-ethyl adjacent to an activating group) is 1. The maximum Gasteiger partial charge on any atom is 0.337 e. The molecule has 0 unspecified atom stereocenters. The van der Waals surface area contributed by atoms with Crippen LogP contribution < -0.4 is 0 Å². The third-order valence-electron chi connectivity index (χ3n) is 5.86. The SMILES string of the molecule is CCN(CC)CCN1C(=O)C(O)=C(C(=O)c2sc(C)nc2C)[C@@H]1c1ccc(C(=O)OC)cc1. The second kappa shape index (κ2) is 10.3. The molecule has 0 spiro atoms. The first kappa shape index (κ1) is 24.6. The number of methoxy groups -OCH3 is 1. The number of Topliss-reactive ketones (excluding diaryl/α,β-unsaturated/α-hetero) is 1. The average molecular weight is 472 g/mol. The molecule has 3 rings (SSSR count). The van der Waals surface area contributed by atoms with Gasteiger partial charge in [0, 0.05) is 13.1 Å². The number of aliphatic hydroxyl groups is 1. The number of ether oxygens (including phenoxy) is 1. The molecule has 0 bridgehead atoms. The molecule has 0 saturated heterocycles. The summed E-state index contributed by atoms with van der Waals surface area (Å²) in [5.41, 5.74) is 1.59. The second-order valence-electron chi connectivity index (χ2n) is 7.78. The van der Waals surface area contributed by atoms with E-state index < -0.39 is 29.5 Å². The molecule has 0 saturated carbocycles. The van der Waals surface area contributed by atoms with Gasteiger partial charge in [0.15, 0.2) is 5.76 Å². The first-order chi connectivity index (χ1) is 15.7. The van der Waals surface area contributed by atoms with E-state index in [1.165, 1.54) is 23.3 Å². The van der Waals surface area contributed by atoms with Gasteiger partial charge in [-0.05, 0) is 44.6 Å². The molecule has 1 amide bonds. The Morgan fingerprint density at radius 3 is 2.33 bits per heavy atom. The van der Waals surface area contributed by atoms with E-state index in [4.69, 9.17) is 4.74 Å². The van der Waals surface area contributed by atoms with Crippen molar-refractivity contribution < 1.29 is 24.2 Å². The van der Waals surface area contributed by atoms with Crippen molar-refractivity contribution in [2.75, 3.05) is 33.3 Å². The lowest BCUT2D eigenvalue weighted by Crippen LogP contribution is -2.38. The first-order valence-electron chi connectivity index (χ1n) is 10.9. The number of carbonyl (C=O) groups is 3. The molecule has 176 valence electrons. The van der Waals surface area contributed by atoms with Crippen molar-refractivity contribution >= 4 is 29.0 Å². The van der Waals surface area contributed by atoms with Crippen molar-refractivity contribution in [3.05, 3.63) is 62.3 Å². The molecule has 0 radical (unpaired) electrons. The molecule has 1 atom stereocenters. The predicted molar refractivity (Wildman–Crippen MR) is 126 cm³/mol. The second-order valence-corrected chi connectivity index (χ2v) is 8.98. The Morgan fingerprint density at radius 2 is 1.82 bits per heavy atom. The van der Waals surface area contributed by atoms with Crippen molar-refractivity contribution in [2.24, 2.45) is 0 Å². The number of aromatic nitrogens is 1. The minimum atomic E-state index is -0.769. The highest BCUT2D eigenvalue weighted by atomic mass is 32.1. The Kier molecular flexibility index (Phi) is 7.65. The average Bonchev–Trinajstić information content (AvgIpc) is 3.29. The van der Waals surface area contributed by atoms with E-state index in [9.17, 15) is 19.5 Å². The molecule has 33 heavy (non-hydrogen) atoms. The monoisotopic (exact) mass is 471 g/mol. The molecule has 1 aliphatic heterocycles. The summed E-state index contributed by atoms with van der Waals surface area (Å²) in [4.78, 5) is 46.9. The van der Waals surface area contributed by atoms with E-state index in [1.807, 2.05) is 20.8 Å². The summed E-state index contributed by atoms with van der Waals surface area (Å²) in [6, 6.07) is 5.78. The number of amides is 1. The largest absolute Gasteiger partial charge is 0.503 e. The van der Waals surface area contributed by atoms with E-state index in [-0.39, 0.29) is 5.57 Å². The van der Waals surface area contributed by atoms with Gasteiger partial charge in [0.2, 0.25) is 5.78 Å². The van der Waals surface area contributed by atoms with Crippen LogP contribution in [0, 0.1) is 13.8 Å². The van der Waals surface area contributed by atoms with Crippen molar-refractivity contribution in [1.29, 1.82) is 0 Å². The van der Waals surface area contributed by atoms with Gasteiger partial charge in [0.25, 0.3) is 5.91 Å². The Bertz CT molecular complexity index is 1090. The Labute approximate surface area is 197 Å². The Morgan fingerprint density at radius 1 is 1.18 bits per heavy atom. The summed E-state index contributed by atoms with van der Waals surface area (Å²) in [6.45, 7) is 10.2. The van der Waals surface area contributed by atoms with Crippen LogP contribution in [0.15, 0.2) is 35.6 Å². The normalized spacial score (nSPS) is 16.1. The number of rotatable bonds is 9. The molecule has 8 nitrogen and oxygen atoms in total. The lowest BCUT2D eigenvalue weighted by molar-refractivity contribution is -0.129. The zero-order valence-electron chi connectivity index (χ0n) is 19.5. The fraction of sp³-hybridized carbons (Fsp3) is 0.417. The molecule has 2 aromatic rings. The molecule has 1 aromatic heterocycles. The molecule has 1 N–H and O–H groups in total. The van der Waals surface area contributed by atoms with Crippen LogP contribution in [0.5, 0.6) is 0 Å². The van der Waals surface area contributed by atoms with Crippen LogP contribution in [0.25, 0.3) is 0 Å². The van der Waals surface area contributed by atoms with Crippen LogP contribution in [0.1, 0.15) is 56.2 Å². The fourth-order valence-electron chi connectivity index (χ4n) is 4.04. The predicted octanol–water partition coefficient (Wildman–Crippen LogP) is 3.47. The van der Waals surface area contributed by atoms with Gasteiger partial charge in [0.1, 0.15) is 0 Å².